The van der Waals surface area contributed by atoms with Crippen LogP contribution in [0.3, 0.4) is 0 Å². The second-order valence-electron chi connectivity index (χ2n) is 11.1. The molecule has 2 aliphatic carbocycles. The molecule has 7 nitrogen and oxygen atoms in total. The number of aliphatic hydroxyl groups is 1. The molecule has 2 fully saturated rings. The number of carboxylic acid groups (broad SMARTS) is 1. The fraction of sp³-hybridized carbons (Fsp3) is 0.885. The van der Waals surface area contributed by atoms with Crippen LogP contribution < -0.4 is 0 Å². The van der Waals surface area contributed by atoms with Gasteiger partial charge in [0.2, 0.25) is 0 Å². The summed E-state index contributed by atoms with van der Waals surface area (Å²) in [6.07, 6.45) is 5.53. The Bertz CT molecular complexity index is 658. The highest BCUT2D eigenvalue weighted by Gasteiger charge is 2.45. The van der Waals surface area contributed by atoms with Crippen molar-refractivity contribution in [3.05, 3.63) is 0 Å². The summed E-state index contributed by atoms with van der Waals surface area (Å²) in [6.45, 7) is 9.39. The minimum absolute atomic E-state index is 0.0717. The van der Waals surface area contributed by atoms with Gasteiger partial charge < -0.3 is 19.7 Å². The molecule has 0 saturated heterocycles. The molecule has 2 rings (SSSR count). The normalized spacial score (nSPS) is 29.5. The molecule has 2 aliphatic rings. The van der Waals surface area contributed by atoms with E-state index >= 15 is 0 Å². The van der Waals surface area contributed by atoms with E-state index in [1.807, 2.05) is 20.8 Å². The van der Waals surface area contributed by atoms with Gasteiger partial charge in [0.15, 0.2) is 0 Å². The third kappa shape index (κ3) is 8.27. The lowest BCUT2D eigenvalue weighted by Crippen LogP contribution is -2.46. The quantitative estimate of drug-likeness (QED) is 0.422. The highest BCUT2D eigenvalue weighted by atomic mass is 16.5. The summed E-state index contributed by atoms with van der Waals surface area (Å²) in [5, 5.41) is 19.7. The summed E-state index contributed by atoms with van der Waals surface area (Å²) in [7, 11) is 0. The molecule has 7 unspecified atom stereocenters. The Morgan fingerprint density at radius 2 is 1.85 bits per heavy atom. The fourth-order valence-corrected chi connectivity index (χ4v) is 5.84. The maximum atomic E-state index is 12.8. The van der Waals surface area contributed by atoms with Gasteiger partial charge in [-0.1, -0.05) is 13.8 Å². The molecule has 0 aliphatic heterocycles. The van der Waals surface area contributed by atoms with Crippen molar-refractivity contribution in [2.75, 3.05) is 0 Å². The second-order valence-corrected chi connectivity index (χ2v) is 11.1. The van der Waals surface area contributed by atoms with Crippen molar-refractivity contribution in [2.45, 2.75) is 117 Å². The molecule has 7 heteroatoms. The molecule has 0 aromatic rings. The van der Waals surface area contributed by atoms with Gasteiger partial charge in [0.1, 0.15) is 12.2 Å². The summed E-state index contributed by atoms with van der Waals surface area (Å²) < 4.78 is 11.2. The highest BCUT2D eigenvalue weighted by Crippen LogP contribution is 2.49. The lowest BCUT2D eigenvalue weighted by molar-refractivity contribution is -0.170. The SMILES string of the molecule is CCC(C)(C)C(=O)OC1CCCC2CC(C)CC(CCC(O)CC(CC(=O)O)OC(C)=O)C21. The minimum atomic E-state index is -1.06. The molecule has 0 bridgehead atoms. The summed E-state index contributed by atoms with van der Waals surface area (Å²) in [5.74, 6) is 0.0677. The number of carboxylic acids is 1. The molecular formula is C26H44O7. The standard InChI is InChI=1S/C26H44O7/c1-6-26(4,5)25(31)33-22-9-7-8-18-12-16(2)13-19(24(18)22)10-11-20(28)14-21(15-23(29)30)32-17(3)27/h16,18-22,24,28H,6-15H2,1-5H3,(H,29,30). The van der Waals surface area contributed by atoms with Crippen LogP contribution in [0, 0.1) is 29.1 Å². The van der Waals surface area contributed by atoms with E-state index in [0.717, 1.165) is 44.9 Å². The van der Waals surface area contributed by atoms with Crippen LogP contribution in [0.25, 0.3) is 0 Å². The van der Waals surface area contributed by atoms with Crippen LogP contribution in [-0.2, 0) is 23.9 Å². The largest absolute Gasteiger partial charge is 0.481 e. The maximum absolute atomic E-state index is 12.8. The molecule has 7 atom stereocenters. The highest BCUT2D eigenvalue weighted by molar-refractivity contribution is 5.76. The summed E-state index contributed by atoms with van der Waals surface area (Å²) >= 11 is 0. The van der Waals surface area contributed by atoms with Crippen LogP contribution in [0.1, 0.15) is 98.8 Å². The monoisotopic (exact) mass is 468 g/mol. The Hall–Kier alpha value is -1.63. The van der Waals surface area contributed by atoms with Gasteiger partial charge >= 0.3 is 17.9 Å². The number of rotatable bonds is 11. The molecule has 0 aromatic heterocycles. The average molecular weight is 469 g/mol. The number of hydrogen-bond acceptors (Lipinski definition) is 6. The molecule has 0 heterocycles. The first kappa shape index (κ1) is 27.6. The van der Waals surface area contributed by atoms with Crippen molar-refractivity contribution in [1.29, 1.82) is 0 Å². The molecule has 0 amide bonds. The van der Waals surface area contributed by atoms with Gasteiger partial charge in [-0.2, -0.15) is 0 Å². The van der Waals surface area contributed by atoms with E-state index in [9.17, 15) is 19.5 Å². The first-order chi connectivity index (χ1) is 15.4. The number of carbonyl (C=O) groups excluding carboxylic acids is 2. The zero-order valence-electron chi connectivity index (χ0n) is 21.0. The van der Waals surface area contributed by atoms with Gasteiger partial charge in [-0.25, -0.2) is 0 Å². The molecule has 190 valence electrons. The molecule has 0 radical (unpaired) electrons. The zero-order valence-corrected chi connectivity index (χ0v) is 21.0. The third-order valence-electron chi connectivity index (χ3n) is 7.83. The van der Waals surface area contributed by atoms with Crippen molar-refractivity contribution in [1.82, 2.24) is 0 Å². The van der Waals surface area contributed by atoms with E-state index in [0.29, 0.717) is 30.1 Å². The number of esters is 2. The van der Waals surface area contributed by atoms with Crippen LogP contribution in [-0.4, -0.2) is 46.4 Å². The first-order valence-corrected chi connectivity index (χ1v) is 12.7. The van der Waals surface area contributed by atoms with Gasteiger partial charge in [0.05, 0.1) is 17.9 Å². The lowest BCUT2D eigenvalue weighted by Gasteiger charge is -2.48. The fourth-order valence-electron chi connectivity index (χ4n) is 5.84. The van der Waals surface area contributed by atoms with E-state index in [1.54, 1.807) is 0 Å². The Balaban J connectivity index is 2.04. The zero-order chi connectivity index (χ0) is 24.8. The Morgan fingerprint density at radius 1 is 1.15 bits per heavy atom. The minimum Gasteiger partial charge on any atom is -0.481 e. The second kappa shape index (κ2) is 12.2. The van der Waals surface area contributed by atoms with Gasteiger partial charge in [-0.15, -0.1) is 0 Å². The summed E-state index contributed by atoms with van der Waals surface area (Å²) in [5.41, 5.74) is -0.490. The van der Waals surface area contributed by atoms with Crippen molar-refractivity contribution < 1.29 is 34.1 Å². The van der Waals surface area contributed by atoms with E-state index in [4.69, 9.17) is 14.6 Å². The summed E-state index contributed by atoms with van der Waals surface area (Å²) in [6, 6.07) is 0. The number of carbonyl (C=O) groups is 3. The van der Waals surface area contributed by atoms with Crippen molar-refractivity contribution in [2.24, 2.45) is 29.1 Å². The van der Waals surface area contributed by atoms with Crippen molar-refractivity contribution in [3.63, 3.8) is 0 Å². The third-order valence-corrected chi connectivity index (χ3v) is 7.83. The Labute approximate surface area is 198 Å². The van der Waals surface area contributed by atoms with Gasteiger partial charge in [-0.3, -0.25) is 14.4 Å². The van der Waals surface area contributed by atoms with Crippen LogP contribution in [0.4, 0.5) is 0 Å². The predicted octanol–water partition coefficient (Wildman–Crippen LogP) is 4.73. The van der Waals surface area contributed by atoms with Gasteiger partial charge in [-0.05, 0) is 83.0 Å². The van der Waals surface area contributed by atoms with Crippen LogP contribution >= 0.6 is 0 Å². The Kier molecular flexibility index (Phi) is 10.2. The molecule has 2 N–H and O–H groups in total. The van der Waals surface area contributed by atoms with Crippen LogP contribution in [0.15, 0.2) is 0 Å². The van der Waals surface area contributed by atoms with E-state index in [2.05, 4.69) is 6.92 Å². The molecule has 0 spiro atoms. The van der Waals surface area contributed by atoms with E-state index in [-0.39, 0.29) is 24.9 Å². The number of hydrogen-bond donors (Lipinski definition) is 2. The molecule has 2 saturated carbocycles. The molecule has 33 heavy (non-hydrogen) atoms. The smallest absolute Gasteiger partial charge is 0.311 e. The number of aliphatic hydroxyl groups excluding tert-OH is 1. The predicted molar refractivity (Wildman–Crippen MR) is 124 cm³/mol. The van der Waals surface area contributed by atoms with Gasteiger partial charge in [0, 0.05) is 19.3 Å². The molecular weight excluding hydrogens is 424 g/mol. The van der Waals surface area contributed by atoms with E-state index in [1.165, 1.54) is 6.92 Å². The summed E-state index contributed by atoms with van der Waals surface area (Å²) in [4.78, 5) is 35.2. The first-order valence-electron chi connectivity index (χ1n) is 12.7. The van der Waals surface area contributed by atoms with Crippen LogP contribution in [0.2, 0.25) is 0 Å². The topological polar surface area (TPSA) is 110 Å². The number of aliphatic carboxylic acids is 1. The van der Waals surface area contributed by atoms with E-state index < -0.39 is 29.6 Å². The molecule has 0 aromatic carbocycles. The average Bonchev–Trinajstić information content (AvgIpc) is 2.70. The van der Waals surface area contributed by atoms with Crippen LogP contribution in [0.5, 0.6) is 0 Å². The number of fused-ring (bicyclic) bond motifs is 1. The lowest BCUT2D eigenvalue weighted by atomic mass is 9.60. The maximum Gasteiger partial charge on any atom is 0.311 e. The Morgan fingerprint density at radius 3 is 2.45 bits per heavy atom. The van der Waals surface area contributed by atoms with Crippen molar-refractivity contribution in [3.8, 4) is 0 Å². The van der Waals surface area contributed by atoms with Gasteiger partial charge in [0.25, 0.3) is 0 Å². The van der Waals surface area contributed by atoms with Crippen molar-refractivity contribution >= 4 is 17.9 Å². The number of ether oxygens (including phenoxy) is 2.